The van der Waals surface area contributed by atoms with Gasteiger partial charge in [0.05, 0.1) is 23.1 Å². The Morgan fingerprint density at radius 1 is 1.16 bits per heavy atom. The predicted molar refractivity (Wildman–Crippen MR) is 98.1 cm³/mol. The van der Waals surface area contributed by atoms with E-state index in [0.29, 0.717) is 10.6 Å². The van der Waals surface area contributed by atoms with Gasteiger partial charge in [-0.3, -0.25) is 0 Å². The summed E-state index contributed by atoms with van der Waals surface area (Å²) < 4.78 is 2.11. The van der Waals surface area contributed by atoms with Crippen LogP contribution in [0.1, 0.15) is 20.9 Å². The number of fused-ring (bicyclic) bond motifs is 1. The van der Waals surface area contributed by atoms with E-state index >= 15 is 0 Å². The van der Waals surface area contributed by atoms with Crippen LogP contribution in [0.2, 0.25) is 0 Å². The molecular formula is C19H15N3O2S. The third-order valence-electron chi connectivity index (χ3n) is 4.07. The Bertz CT molecular complexity index is 1060. The molecule has 25 heavy (non-hydrogen) atoms. The van der Waals surface area contributed by atoms with Crippen molar-refractivity contribution in [3.8, 4) is 10.6 Å². The summed E-state index contributed by atoms with van der Waals surface area (Å²) in [6.45, 7) is 2.46. The first-order valence-corrected chi connectivity index (χ1v) is 8.63. The maximum Gasteiger partial charge on any atom is 0.347 e. The quantitative estimate of drug-likeness (QED) is 0.599. The molecular weight excluding hydrogens is 334 g/mol. The molecule has 0 radical (unpaired) electrons. The summed E-state index contributed by atoms with van der Waals surface area (Å²) in [5.41, 5.74) is 4.73. The molecule has 0 spiro atoms. The van der Waals surface area contributed by atoms with Crippen molar-refractivity contribution in [2.45, 2.75) is 13.5 Å². The van der Waals surface area contributed by atoms with E-state index in [2.05, 4.69) is 20.6 Å². The van der Waals surface area contributed by atoms with Crippen LogP contribution < -0.4 is 0 Å². The third-order valence-corrected chi connectivity index (χ3v) is 5.27. The second-order valence-corrected chi connectivity index (χ2v) is 6.80. The lowest BCUT2D eigenvalue weighted by molar-refractivity contribution is 0.0701. The summed E-state index contributed by atoms with van der Waals surface area (Å²) in [6, 6.07) is 16.1. The number of thiazole rings is 1. The van der Waals surface area contributed by atoms with Crippen LogP contribution in [0.3, 0.4) is 0 Å². The molecule has 0 aliphatic rings. The van der Waals surface area contributed by atoms with Gasteiger partial charge in [0, 0.05) is 12.1 Å². The number of benzene rings is 2. The zero-order chi connectivity index (χ0) is 17.4. The molecule has 2 aromatic heterocycles. The average molecular weight is 349 g/mol. The molecule has 0 saturated carbocycles. The fourth-order valence-corrected chi connectivity index (χ4v) is 3.71. The number of carbonyl (C=O) groups is 1. The van der Waals surface area contributed by atoms with E-state index in [9.17, 15) is 4.79 Å². The number of hydrogen-bond donors (Lipinski definition) is 1. The number of nitrogens with zero attached hydrogens (tertiary/aromatic N) is 3. The first-order chi connectivity index (χ1) is 12.1. The Morgan fingerprint density at radius 3 is 2.64 bits per heavy atom. The maximum atomic E-state index is 11.2. The Hall–Kier alpha value is -2.99. The number of aromatic carboxylic acids is 1. The fraction of sp³-hybridized carbons (Fsp3) is 0.105. The molecule has 2 heterocycles. The van der Waals surface area contributed by atoms with E-state index in [-0.39, 0.29) is 0 Å². The van der Waals surface area contributed by atoms with E-state index in [1.54, 1.807) is 6.92 Å². The Labute approximate surface area is 148 Å². The number of carboxylic acids is 1. The van der Waals surface area contributed by atoms with Gasteiger partial charge in [0.1, 0.15) is 9.88 Å². The van der Waals surface area contributed by atoms with E-state index < -0.39 is 5.97 Å². The molecule has 6 heteroatoms. The highest BCUT2D eigenvalue weighted by Crippen LogP contribution is 2.28. The lowest BCUT2D eigenvalue weighted by atomic mass is 10.1. The minimum absolute atomic E-state index is 0.295. The minimum Gasteiger partial charge on any atom is -0.477 e. The number of para-hydroxylation sites is 2. The van der Waals surface area contributed by atoms with Crippen molar-refractivity contribution in [3.63, 3.8) is 0 Å². The number of aromatic nitrogens is 3. The third kappa shape index (κ3) is 2.92. The van der Waals surface area contributed by atoms with Gasteiger partial charge >= 0.3 is 5.97 Å². The van der Waals surface area contributed by atoms with Gasteiger partial charge in [-0.1, -0.05) is 36.4 Å². The number of imidazole rings is 1. The Morgan fingerprint density at radius 2 is 1.92 bits per heavy atom. The van der Waals surface area contributed by atoms with E-state index in [1.165, 1.54) is 11.3 Å². The summed E-state index contributed by atoms with van der Waals surface area (Å²) in [6.07, 6.45) is 1.85. The lowest BCUT2D eigenvalue weighted by Gasteiger charge is -2.05. The van der Waals surface area contributed by atoms with Crippen molar-refractivity contribution in [2.24, 2.45) is 0 Å². The summed E-state index contributed by atoms with van der Waals surface area (Å²) in [5.74, 6) is -0.926. The van der Waals surface area contributed by atoms with Gasteiger partial charge in [0.25, 0.3) is 0 Å². The van der Waals surface area contributed by atoms with Crippen molar-refractivity contribution in [3.05, 3.63) is 71.0 Å². The molecule has 2 aromatic carbocycles. The molecule has 0 unspecified atom stereocenters. The standard InChI is InChI=1S/C19H15N3O2S/c1-12-17(19(23)24)25-18(21-12)14-8-6-13(7-9-14)10-22-11-20-15-4-2-3-5-16(15)22/h2-9,11H,10H2,1H3,(H,23,24). The van der Waals surface area contributed by atoms with Crippen LogP contribution in [0, 0.1) is 6.92 Å². The summed E-state index contributed by atoms with van der Waals surface area (Å²) in [7, 11) is 0. The smallest absolute Gasteiger partial charge is 0.347 e. The molecule has 0 aliphatic carbocycles. The van der Waals surface area contributed by atoms with Crippen molar-refractivity contribution in [1.29, 1.82) is 0 Å². The summed E-state index contributed by atoms with van der Waals surface area (Å²) in [4.78, 5) is 20.2. The summed E-state index contributed by atoms with van der Waals surface area (Å²) in [5, 5.41) is 9.89. The predicted octanol–water partition coefficient (Wildman–Crippen LogP) is 4.21. The second kappa shape index (κ2) is 6.14. The molecule has 0 aliphatic heterocycles. The maximum absolute atomic E-state index is 11.2. The highest BCUT2D eigenvalue weighted by Gasteiger charge is 2.15. The molecule has 124 valence electrons. The van der Waals surface area contributed by atoms with Crippen molar-refractivity contribution >= 4 is 28.3 Å². The van der Waals surface area contributed by atoms with Crippen LogP contribution in [0.5, 0.6) is 0 Å². The van der Waals surface area contributed by atoms with Gasteiger partial charge in [0.15, 0.2) is 0 Å². The average Bonchev–Trinajstić information content (AvgIpc) is 3.20. The molecule has 0 atom stereocenters. The molecule has 0 fully saturated rings. The lowest BCUT2D eigenvalue weighted by Crippen LogP contribution is -1.97. The molecule has 0 saturated heterocycles. The largest absolute Gasteiger partial charge is 0.477 e. The second-order valence-electron chi connectivity index (χ2n) is 5.80. The zero-order valence-corrected chi connectivity index (χ0v) is 14.3. The Balaban J connectivity index is 1.60. The number of hydrogen-bond acceptors (Lipinski definition) is 4. The number of carboxylic acid groups (broad SMARTS) is 1. The first-order valence-electron chi connectivity index (χ1n) is 7.82. The topological polar surface area (TPSA) is 68.0 Å². The van der Waals surface area contributed by atoms with E-state index in [0.717, 1.165) is 33.7 Å². The molecule has 0 bridgehead atoms. The first kappa shape index (κ1) is 15.5. The van der Waals surface area contributed by atoms with Crippen LogP contribution in [0.25, 0.3) is 21.6 Å². The normalized spacial score (nSPS) is 11.1. The van der Waals surface area contributed by atoms with Gasteiger partial charge in [-0.15, -0.1) is 11.3 Å². The van der Waals surface area contributed by atoms with Gasteiger partial charge < -0.3 is 9.67 Å². The van der Waals surface area contributed by atoms with Gasteiger partial charge in [-0.05, 0) is 24.6 Å². The van der Waals surface area contributed by atoms with Crippen LogP contribution in [0.4, 0.5) is 0 Å². The number of aryl methyl sites for hydroxylation is 1. The monoisotopic (exact) mass is 349 g/mol. The highest BCUT2D eigenvalue weighted by atomic mass is 32.1. The fourth-order valence-electron chi connectivity index (χ4n) is 2.80. The van der Waals surface area contributed by atoms with Crippen molar-refractivity contribution < 1.29 is 9.90 Å². The van der Waals surface area contributed by atoms with Crippen LogP contribution in [-0.2, 0) is 6.54 Å². The number of rotatable bonds is 4. The van der Waals surface area contributed by atoms with Crippen LogP contribution in [0.15, 0.2) is 54.9 Å². The molecule has 1 N–H and O–H groups in total. The highest BCUT2D eigenvalue weighted by molar-refractivity contribution is 7.17. The SMILES string of the molecule is Cc1nc(-c2ccc(Cn3cnc4ccccc43)cc2)sc1C(=O)O. The Kier molecular flexibility index (Phi) is 3.82. The van der Waals surface area contributed by atoms with E-state index in [1.807, 2.05) is 48.8 Å². The van der Waals surface area contributed by atoms with Crippen molar-refractivity contribution in [2.75, 3.05) is 0 Å². The molecule has 5 nitrogen and oxygen atoms in total. The van der Waals surface area contributed by atoms with Gasteiger partial charge in [-0.25, -0.2) is 14.8 Å². The zero-order valence-electron chi connectivity index (χ0n) is 13.5. The minimum atomic E-state index is -0.926. The van der Waals surface area contributed by atoms with Crippen LogP contribution in [-0.4, -0.2) is 25.6 Å². The molecule has 4 rings (SSSR count). The van der Waals surface area contributed by atoms with E-state index in [4.69, 9.17) is 5.11 Å². The van der Waals surface area contributed by atoms with Crippen LogP contribution >= 0.6 is 11.3 Å². The molecule has 0 amide bonds. The van der Waals surface area contributed by atoms with Gasteiger partial charge in [0.2, 0.25) is 0 Å². The van der Waals surface area contributed by atoms with Gasteiger partial charge in [-0.2, -0.15) is 0 Å². The summed E-state index contributed by atoms with van der Waals surface area (Å²) >= 11 is 1.21. The van der Waals surface area contributed by atoms with Crippen molar-refractivity contribution in [1.82, 2.24) is 14.5 Å². The molecule has 4 aromatic rings.